The maximum atomic E-state index is 12.0. The van der Waals surface area contributed by atoms with Gasteiger partial charge in [-0.25, -0.2) is 9.97 Å². The van der Waals surface area contributed by atoms with Crippen LogP contribution in [0.15, 0.2) is 48.7 Å². The van der Waals surface area contributed by atoms with Crippen LogP contribution in [-0.2, 0) is 16.1 Å². The number of hydrogen-bond acceptors (Lipinski definition) is 5. The molecule has 0 atom stereocenters. The molecule has 0 saturated heterocycles. The molecule has 0 spiro atoms. The summed E-state index contributed by atoms with van der Waals surface area (Å²) in [4.78, 5) is 21.2. The molecule has 4 aromatic rings. The molecule has 6 nitrogen and oxygen atoms in total. The van der Waals surface area contributed by atoms with E-state index in [-0.39, 0.29) is 12.5 Å². The van der Waals surface area contributed by atoms with E-state index >= 15 is 0 Å². The van der Waals surface area contributed by atoms with Gasteiger partial charge in [0.1, 0.15) is 18.0 Å². The number of ether oxygens (including phenoxy) is 2. The number of nitrogens with zero attached hydrogens (tertiary/aromatic N) is 3. The van der Waals surface area contributed by atoms with Gasteiger partial charge in [0.2, 0.25) is 0 Å². The Morgan fingerprint density at radius 2 is 1.89 bits per heavy atom. The van der Waals surface area contributed by atoms with E-state index in [0.29, 0.717) is 23.2 Å². The van der Waals surface area contributed by atoms with Crippen molar-refractivity contribution in [2.24, 2.45) is 0 Å². The maximum Gasteiger partial charge on any atom is 0.325 e. The van der Waals surface area contributed by atoms with Crippen LogP contribution in [0.2, 0.25) is 5.15 Å². The first-order chi connectivity index (χ1) is 13.6. The normalized spacial score (nSPS) is 11.1. The van der Waals surface area contributed by atoms with Gasteiger partial charge >= 0.3 is 5.97 Å². The van der Waals surface area contributed by atoms with Crippen LogP contribution in [0.1, 0.15) is 6.92 Å². The van der Waals surface area contributed by atoms with Crippen LogP contribution >= 0.6 is 11.6 Å². The SMILES string of the molecule is CCOC(=O)Cn1cc(-c2nc3ccccc3nc2Cl)c2cc(OC)ccc21. The standard InChI is InChI=1S/C21H18ClN3O3/c1-3-28-19(26)12-25-11-15(14-10-13(27-2)8-9-18(14)25)20-21(22)24-17-7-5-4-6-16(17)23-20/h4-11H,3,12H2,1-2H3. The Balaban J connectivity index is 1.93. The molecule has 7 heteroatoms. The summed E-state index contributed by atoms with van der Waals surface area (Å²) in [5, 5.41) is 1.17. The zero-order valence-corrected chi connectivity index (χ0v) is 16.2. The maximum absolute atomic E-state index is 12.0. The number of carbonyl (C=O) groups excluding carboxylic acids is 1. The van der Waals surface area contributed by atoms with E-state index in [2.05, 4.69) is 4.98 Å². The lowest BCUT2D eigenvalue weighted by atomic mass is 10.1. The first-order valence-electron chi connectivity index (χ1n) is 8.86. The molecule has 2 aromatic carbocycles. The van der Waals surface area contributed by atoms with E-state index in [4.69, 9.17) is 26.1 Å². The van der Waals surface area contributed by atoms with Crippen molar-refractivity contribution >= 4 is 39.5 Å². The number of hydrogen-bond donors (Lipinski definition) is 0. The Kier molecular flexibility index (Phi) is 4.88. The molecule has 2 aromatic heterocycles. The third-order valence-corrected chi connectivity index (χ3v) is 4.74. The van der Waals surface area contributed by atoms with Crippen LogP contribution in [0.5, 0.6) is 5.75 Å². The number of para-hydroxylation sites is 2. The van der Waals surface area contributed by atoms with Crippen molar-refractivity contribution in [2.45, 2.75) is 13.5 Å². The summed E-state index contributed by atoms with van der Waals surface area (Å²) in [6, 6.07) is 13.2. The molecule has 0 bridgehead atoms. The number of methoxy groups -OCH3 is 1. The lowest BCUT2D eigenvalue weighted by molar-refractivity contribution is -0.143. The Morgan fingerprint density at radius 3 is 2.61 bits per heavy atom. The fraction of sp³-hybridized carbons (Fsp3) is 0.190. The summed E-state index contributed by atoms with van der Waals surface area (Å²) in [7, 11) is 1.61. The minimum absolute atomic E-state index is 0.0926. The molecule has 0 aliphatic heterocycles. The Morgan fingerprint density at radius 1 is 1.14 bits per heavy atom. The fourth-order valence-corrected chi connectivity index (χ4v) is 3.45. The number of carbonyl (C=O) groups is 1. The summed E-state index contributed by atoms with van der Waals surface area (Å²) in [6.07, 6.45) is 1.85. The molecular weight excluding hydrogens is 378 g/mol. The Hall–Kier alpha value is -3.12. The zero-order valence-electron chi connectivity index (χ0n) is 15.5. The number of aromatic nitrogens is 3. The van der Waals surface area contributed by atoms with Crippen molar-refractivity contribution in [1.82, 2.24) is 14.5 Å². The van der Waals surface area contributed by atoms with E-state index in [1.165, 1.54) is 0 Å². The van der Waals surface area contributed by atoms with E-state index < -0.39 is 0 Å². The quantitative estimate of drug-likeness (QED) is 0.466. The van der Waals surface area contributed by atoms with Gasteiger partial charge in [0.25, 0.3) is 0 Å². The molecule has 0 aliphatic rings. The van der Waals surface area contributed by atoms with Gasteiger partial charge in [-0.2, -0.15) is 0 Å². The third kappa shape index (κ3) is 3.27. The molecule has 142 valence electrons. The van der Waals surface area contributed by atoms with E-state index in [0.717, 1.165) is 27.5 Å². The minimum Gasteiger partial charge on any atom is -0.497 e. The van der Waals surface area contributed by atoms with Crippen molar-refractivity contribution in [3.63, 3.8) is 0 Å². The second-order valence-electron chi connectivity index (χ2n) is 6.21. The number of benzene rings is 2. The van der Waals surface area contributed by atoms with Crippen LogP contribution < -0.4 is 4.74 Å². The van der Waals surface area contributed by atoms with Crippen LogP contribution in [0.4, 0.5) is 0 Å². The largest absolute Gasteiger partial charge is 0.497 e. The Labute approximate surface area is 166 Å². The summed E-state index contributed by atoms with van der Waals surface area (Å²) in [5.74, 6) is 0.393. The monoisotopic (exact) mass is 395 g/mol. The summed E-state index contributed by atoms with van der Waals surface area (Å²) in [5.41, 5.74) is 3.66. The second kappa shape index (κ2) is 7.48. The van der Waals surface area contributed by atoms with Gasteiger partial charge in [-0.15, -0.1) is 0 Å². The van der Waals surface area contributed by atoms with Crippen LogP contribution in [0.3, 0.4) is 0 Å². The molecule has 0 fully saturated rings. The predicted octanol–water partition coefficient (Wildman–Crippen LogP) is 4.48. The molecule has 0 radical (unpaired) electrons. The average molecular weight is 396 g/mol. The topological polar surface area (TPSA) is 66.2 Å². The van der Waals surface area contributed by atoms with Gasteiger partial charge < -0.3 is 14.0 Å². The zero-order chi connectivity index (χ0) is 19.7. The number of rotatable bonds is 5. The minimum atomic E-state index is -0.308. The van der Waals surface area contributed by atoms with Gasteiger partial charge in [0.05, 0.1) is 24.8 Å². The van der Waals surface area contributed by atoms with Crippen LogP contribution in [0.25, 0.3) is 33.2 Å². The smallest absolute Gasteiger partial charge is 0.325 e. The van der Waals surface area contributed by atoms with E-state index in [1.807, 2.05) is 53.2 Å². The first kappa shape index (κ1) is 18.3. The summed E-state index contributed by atoms with van der Waals surface area (Å²) < 4.78 is 12.3. The van der Waals surface area contributed by atoms with Crippen molar-refractivity contribution in [1.29, 1.82) is 0 Å². The summed E-state index contributed by atoms with van der Waals surface area (Å²) >= 11 is 6.47. The lowest BCUT2D eigenvalue weighted by Crippen LogP contribution is -2.12. The van der Waals surface area contributed by atoms with E-state index in [1.54, 1.807) is 14.0 Å². The molecular formula is C21H18ClN3O3. The molecule has 0 unspecified atom stereocenters. The molecule has 0 aliphatic carbocycles. The van der Waals surface area contributed by atoms with Crippen molar-refractivity contribution in [2.75, 3.05) is 13.7 Å². The third-order valence-electron chi connectivity index (χ3n) is 4.48. The molecule has 0 saturated carbocycles. The van der Waals surface area contributed by atoms with Gasteiger partial charge in [-0.3, -0.25) is 4.79 Å². The lowest BCUT2D eigenvalue weighted by Gasteiger charge is -2.05. The first-order valence-corrected chi connectivity index (χ1v) is 9.23. The predicted molar refractivity (Wildman–Crippen MR) is 109 cm³/mol. The number of esters is 1. The number of halogens is 1. The highest BCUT2D eigenvalue weighted by atomic mass is 35.5. The summed E-state index contributed by atoms with van der Waals surface area (Å²) in [6.45, 7) is 2.21. The Bertz CT molecular complexity index is 1190. The van der Waals surface area contributed by atoms with Crippen molar-refractivity contribution in [3.05, 3.63) is 53.8 Å². The fourth-order valence-electron chi connectivity index (χ4n) is 3.22. The molecule has 0 N–H and O–H groups in total. The molecule has 28 heavy (non-hydrogen) atoms. The van der Waals surface area contributed by atoms with Gasteiger partial charge in [0.15, 0.2) is 5.15 Å². The highest BCUT2D eigenvalue weighted by molar-refractivity contribution is 6.32. The van der Waals surface area contributed by atoms with Gasteiger partial charge in [-0.1, -0.05) is 23.7 Å². The molecule has 2 heterocycles. The van der Waals surface area contributed by atoms with Gasteiger partial charge in [-0.05, 0) is 37.3 Å². The second-order valence-corrected chi connectivity index (χ2v) is 6.57. The van der Waals surface area contributed by atoms with Crippen LogP contribution in [-0.4, -0.2) is 34.2 Å². The highest BCUT2D eigenvalue weighted by Gasteiger charge is 2.18. The number of fused-ring (bicyclic) bond motifs is 2. The average Bonchev–Trinajstić information content (AvgIpc) is 3.04. The van der Waals surface area contributed by atoms with E-state index in [9.17, 15) is 4.79 Å². The van der Waals surface area contributed by atoms with Crippen molar-refractivity contribution in [3.8, 4) is 17.0 Å². The highest BCUT2D eigenvalue weighted by Crippen LogP contribution is 2.35. The molecule has 0 amide bonds. The van der Waals surface area contributed by atoms with Gasteiger partial charge in [0, 0.05) is 22.7 Å². The van der Waals surface area contributed by atoms with Crippen molar-refractivity contribution < 1.29 is 14.3 Å². The molecule has 4 rings (SSSR count). The van der Waals surface area contributed by atoms with Crippen LogP contribution in [0, 0.1) is 0 Å².